The Morgan fingerprint density at radius 3 is 2.53 bits per heavy atom. The molecule has 3 nitrogen and oxygen atoms in total. The van der Waals surface area contributed by atoms with Gasteiger partial charge in [0.1, 0.15) is 13.2 Å². The highest BCUT2D eigenvalue weighted by molar-refractivity contribution is 7.80. The molecule has 2 heterocycles. The van der Waals surface area contributed by atoms with Crippen LogP contribution < -0.4 is 9.47 Å². The van der Waals surface area contributed by atoms with E-state index in [0.717, 1.165) is 36.9 Å². The molecule has 3 rings (SSSR count). The normalized spacial score (nSPS) is 20.8. The Bertz CT molecular complexity index is 415. The highest BCUT2D eigenvalue weighted by Gasteiger charge is 2.40. The molecule has 0 bridgehead atoms. The van der Waals surface area contributed by atoms with Gasteiger partial charge in [-0.3, -0.25) is 0 Å². The van der Waals surface area contributed by atoms with Crippen LogP contribution in [-0.4, -0.2) is 32.2 Å². The molecule has 0 N–H and O–H groups in total. The summed E-state index contributed by atoms with van der Waals surface area (Å²) in [5.74, 6) is 2.58. The average Bonchev–Trinajstić information content (AvgIpc) is 2.33. The lowest BCUT2D eigenvalue weighted by Gasteiger charge is -2.42. The molecule has 1 fully saturated rings. The second-order valence-corrected chi connectivity index (χ2v) is 5.05. The van der Waals surface area contributed by atoms with Gasteiger partial charge >= 0.3 is 0 Å². The van der Waals surface area contributed by atoms with Crippen LogP contribution in [0.2, 0.25) is 0 Å². The summed E-state index contributed by atoms with van der Waals surface area (Å²) in [4.78, 5) is 0. The lowest BCUT2D eigenvalue weighted by molar-refractivity contribution is -0.0615. The van der Waals surface area contributed by atoms with Gasteiger partial charge in [-0.05, 0) is 29.9 Å². The summed E-state index contributed by atoms with van der Waals surface area (Å²) in [6.45, 7) is 2.84. The fraction of sp³-hybridized carbons (Fsp3) is 0.538. The van der Waals surface area contributed by atoms with Gasteiger partial charge in [0.2, 0.25) is 0 Å². The SMILES string of the molecule is SCCC1(c2ccc3c(c2)OCCO3)COC1. The Kier molecular flexibility index (Phi) is 2.92. The molecule has 17 heavy (non-hydrogen) atoms. The van der Waals surface area contributed by atoms with Crippen molar-refractivity contribution in [3.05, 3.63) is 23.8 Å². The Balaban J connectivity index is 1.92. The van der Waals surface area contributed by atoms with Crippen LogP contribution in [0.5, 0.6) is 11.5 Å². The second-order valence-electron chi connectivity index (χ2n) is 4.61. The van der Waals surface area contributed by atoms with Gasteiger partial charge in [-0.1, -0.05) is 6.07 Å². The van der Waals surface area contributed by atoms with Gasteiger partial charge in [0.15, 0.2) is 11.5 Å². The minimum Gasteiger partial charge on any atom is -0.486 e. The van der Waals surface area contributed by atoms with E-state index in [-0.39, 0.29) is 5.41 Å². The average molecular weight is 252 g/mol. The molecule has 2 aliphatic heterocycles. The smallest absolute Gasteiger partial charge is 0.161 e. The van der Waals surface area contributed by atoms with Gasteiger partial charge in [-0.15, -0.1) is 0 Å². The molecule has 92 valence electrons. The van der Waals surface area contributed by atoms with Gasteiger partial charge in [0, 0.05) is 5.41 Å². The zero-order valence-corrected chi connectivity index (χ0v) is 10.5. The van der Waals surface area contributed by atoms with Gasteiger partial charge in [-0.2, -0.15) is 12.6 Å². The molecule has 0 unspecified atom stereocenters. The third kappa shape index (κ3) is 1.89. The van der Waals surface area contributed by atoms with Crippen LogP contribution in [0.1, 0.15) is 12.0 Å². The first-order valence-corrected chi connectivity index (χ1v) is 6.56. The maximum Gasteiger partial charge on any atom is 0.161 e. The Morgan fingerprint density at radius 2 is 1.88 bits per heavy atom. The molecule has 0 spiro atoms. The molecule has 0 radical (unpaired) electrons. The molecule has 0 saturated carbocycles. The van der Waals surface area contributed by atoms with Crippen LogP contribution in [0.4, 0.5) is 0 Å². The number of rotatable bonds is 3. The second kappa shape index (κ2) is 4.42. The number of fused-ring (bicyclic) bond motifs is 1. The minimum atomic E-state index is 0.136. The fourth-order valence-corrected chi connectivity index (χ4v) is 2.82. The highest BCUT2D eigenvalue weighted by Crippen LogP contribution is 2.40. The van der Waals surface area contributed by atoms with E-state index in [2.05, 4.69) is 24.8 Å². The maximum atomic E-state index is 5.62. The van der Waals surface area contributed by atoms with E-state index in [1.165, 1.54) is 5.56 Å². The zero-order chi connectivity index (χ0) is 11.7. The lowest BCUT2D eigenvalue weighted by Crippen LogP contribution is -2.47. The molecule has 0 amide bonds. The summed E-state index contributed by atoms with van der Waals surface area (Å²) in [6.07, 6.45) is 1.04. The zero-order valence-electron chi connectivity index (χ0n) is 9.65. The van der Waals surface area contributed by atoms with E-state index in [9.17, 15) is 0 Å². The number of ether oxygens (including phenoxy) is 3. The van der Waals surface area contributed by atoms with Crippen LogP contribution in [0, 0.1) is 0 Å². The molecule has 1 aromatic carbocycles. The molecule has 2 aliphatic rings. The molecule has 1 aromatic rings. The first-order valence-electron chi connectivity index (χ1n) is 5.93. The van der Waals surface area contributed by atoms with E-state index in [0.29, 0.717) is 13.2 Å². The fourth-order valence-electron chi connectivity index (χ4n) is 2.39. The van der Waals surface area contributed by atoms with Crippen LogP contribution >= 0.6 is 12.6 Å². The van der Waals surface area contributed by atoms with Crippen molar-refractivity contribution in [3.63, 3.8) is 0 Å². The first-order chi connectivity index (χ1) is 8.34. The molecule has 1 saturated heterocycles. The van der Waals surface area contributed by atoms with E-state index < -0.39 is 0 Å². The van der Waals surface area contributed by atoms with Crippen molar-refractivity contribution in [1.29, 1.82) is 0 Å². The number of thiol groups is 1. The predicted octanol–water partition coefficient (Wildman–Crippen LogP) is 2.05. The molecule has 0 aliphatic carbocycles. The van der Waals surface area contributed by atoms with Gasteiger partial charge in [-0.25, -0.2) is 0 Å². The van der Waals surface area contributed by atoms with Crippen molar-refractivity contribution in [3.8, 4) is 11.5 Å². The van der Waals surface area contributed by atoms with Crippen LogP contribution in [0.3, 0.4) is 0 Å². The number of benzene rings is 1. The quantitative estimate of drug-likeness (QED) is 0.834. The monoisotopic (exact) mass is 252 g/mol. The van der Waals surface area contributed by atoms with Gasteiger partial charge in [0.05, 0.1) is 13.2 Å². The van der Waals surface area contributed by atoms with Crippen LogP contribution in [0.15, 0.2) is 18.2 Å². The molecular formula is C13H16O3S. The largest absolute Gasteiger partial charge is 0.486 e. The Hall–Kier alpha value is -0.870. The highest BCUT2D eigenvalue weighted by atomic mass is 32.1. The molecular weight excluding hydrogens is 236 g/mol. The molecule has 0 atom stereocenters. The maximum absolute atomic E-state index is 5.62. The standard InChI is InChI=1S/C13H16O3S/c17-6-3-13(8-14-9-13)10-1-2-11-12(7-10)16-5-4-15-11/h1-2,7,17H,3-6,8-9H2. The third-order valence-electron chi connectivity index (χ3n) is 3.50. The van der Waals surface area contributed by atoms with Crippen molar-refractivity contribution in [2.75, 3.05) is 32.2 Å². The van der Waals surface area contributed by atoms with Gasteiger partial charge < -0.3 is 14.2 Å². The lowest BCUT2D eigenvalue weighted by atomic mass is 9.76. The summed E-state index contributed by atoms with van der Waals surface area (Å²) < 4.78 is 16.5. The van der Waals surface area contributed by atoms with Crippen LogP contribution in [0.25, 0.3) is 0 Å². The Labute approximate surface area is 106 Å². The van der Waals surface area contributed by atoms with Crippen molar-refractivity contribution in [2.45, 2.75) is 11.8 Å². The van der Waals surface area contributed by atoms with Crippen molar-refractivity contribution in [1.82, 2.24) is 0 Å². The number of hydrogen-bond donors (Lipinski definition) is 1. The topological polar surface area (TPSA) is 27.7 Å². The van der Waals surface area contributed by atoms with E-state index >= 15 is 0 Å². The summed E-state index contributed by atoms with van der Waals surface area (Å²) in [6, 6.07) is 6.22. The Morgan fingerprint density at radius 1 is 1.12 bits per heavy atom. The number of hydrogen-bond acceptors (Lipinski definition) is 4. The summed E-state index contributed by atoms with van der Waals surface area (Å²) >= 11 is 4.34. The predicted molar refractivity (Wildman–Crippen MR) is 68.4 cm³/mol. The molecule has 0 aromatic heterocycles. The summed E-state index contributed by atoms with van der Waals surface area (Å²) in [5, 5.41) is 0. The van der Waals surface area contributed by atoms with Crippen molar-refractivity contribution >= 4 is 12.6 Å². The third-order valence-corrected chi connectivity index (χ3v) is 3.73. The molecule has 4 heteroatoms. The van der Waals surface area contributed by atoms with E-state index in [1.54, 1.807) is 0 Å². The van der Waals surface area contributed by atoms with E-state index in [1.807, 2.05) is 6.07 Å². The van der Waals surface area contributed by atoms with E-state index in [4.69, 9.17) is 14.2 Å². The summed E-state index contributed by atoms with van der Waals surface area (Å²) in [5.41, 5.74) is 1.42. The van der Waals surface area contributed by atoms with Crippen molar-refractivity contribution < 1.29 is 14.2 Å². The van der Waals surface area contributed by atoms with Gasteiger partial charge in [0.25, 0.3) is 0 Å². The van der Waals surface area contributed by atoms with Crippen LogP contribution in [-0.2, 0) is 10.2 Å². The van der Waals surface area contributed by atoms with Crippen molar-refractivity contribution in [2.24, 2.45) is 0 Å². The minimum absolute atomic E-state index is 0.136. The first kappa shape index (κ1) is 11.2. The summed E-state index contributed by atoms with van der Waals surface area (Å²) in [7, 11) is 0.